The Labute approximate surface area is 179 Å². The standard InChI is InChI=1S/C23H22ClNO5/c1-29-17-10-6-14(7-11-17)20-19(21(26)15-4-8-16(24)9-5-15)22(27)23(28)25(20)13-18-3-2-12-30-18/h4-11,18,20,26H,2-3,12-13H2,1H3/b21-19-. The zero-order chi connectivity index (χ0) is 21.3. The van der Waals surface area contributed by atoms with Gasteiger partial charge in [-0.2, -0.15) is 0 Å². The van der Waals surface area contributed by atoms with E-state index in [-0.39, 0.29) is 17.4 Å². The van der Waals surface area contributed by atoms with E-state index in [0.29, 0.717) is 35.1 Å². The molecule has 7 heteroatoms. The Morgan fingerprint density at radius 3 is 2.47 bits per heavy atom. The maximum Gasteiger partial charge on any atom is 0.295 e. The fourth-order valence-electron chi connectivity index (χ4n) is 3.97. The number of benzene rings is 2. The van der Waals surface area contributed by atoms with Crippen LogP contribution in [-0.4, -0.2) is 48.1 Å². The van der Waals surface area contributed by atoms with Crippen LogP contribution in [0.4, 0.5) is 0 Å². The predicted molar refractivity (Wildman–Crippen MR) is 112 cm³/mol. The van der Waals surface area contributed by atoms with Gasteiger partial charge in [0.05, 0.1) is 24.8 Å². The number of hydrogen-bond donors (Lipinski definition) is 1. The third-order valence-electron chi connectivity index (χ3n) is 5.51. The number of aliphatic hydroxyl groups is 1. The van der Waals surface area contributed by atoms with Crippen molar-refractivity contribution in [2.75, 3.05) is 20.3 Å². The van der Waals surface area contributed by atoms with Crippen molar-refractivity contribution in [3.8, 4) is 5.75 Å². The molecule has 4 rings (SSSR count). The summed E-state index contributed by atoms with van der Waals surface area (Å²) in [6.07, 6.45) is 1.63. The Hall–Kier alpha value is -2.83. The molecule has 2 aromatic carbocycles. The van der Waals surface area contributed by atoms with Gasteiger partial charge in [-0.25, -0.2) is 0 Å². The molecule has 6 nitrogen and oxygen atoms in total. The fourth-order valence-corrected chi connectivity index (χ4v) is 4.10. The fraction of sp³-hybridized carbons (Fsp3) is 0.304. The Kier molecular flexibility index (Phi) is 5.79. The maximum atomic E-state index is 13.0. The minimum atomic E-state index is -0.712. The molecule has 0 saturated carbocycles. The molecule has 30 heavy (non-hydrogen) atoms. The maximum absolute atomic E-state index is 13.0. The van der Waals surface area contributed by atoms with Crippen molar-refractivity contribution in [3.63, 3.8) is 0 Å². The number of aliphatic hydroxyl groups excluding tert-OH is 1. The van der Waals surface area contributed by atoms with E-state index in [0.717, 1.165) is 12.8 Å². The van der Waals surface area contributed by atoms with Crippen LogP contribution in [0.2, 0.25) is 5.02 Å². The minimum absolute atomic E-state index is 0.0606. The van der Waals surface area contributed by atoms with Crippen LogP contribution >= 0.6 is 11.6 Å². The normalized spacial score (nSPS) is 23.2. The monoisotopic (exact) mass is 427 g/mol. The molecule has 2 atom stereocenters. The van der Waals surface area contributed by atoms with E-state index in [1.54, 1.807) is 55.6 Å². The number of carbonyl (C=O) groups excluding carboxylic acids is 2. The molecule has 2 aliphatic heterocycles. The van der Waals surface area contributed by atoms with Crippen LogP contribution in [0.25, 0.3) is 5.76 Å². The van der Waals surface area contributed by atoms with Crippen molar-refractivity contribution in [1.82, 2.24) is 4.90 Å². The molecule has 0 bridgehead atoms. The molecule has 2 unspecified atom stereocenters. The first-order chi connectivity index (χ1) is 14.5. The predicted octanol–water partition coefficient (Wildman–Crippen LogP) is 3.95. The summed E-state index contributed by atoms with van der Waals surface area (Å²) in [4.78, 5) is 27.4. The summed E-state index contributed by atoms with van der Waals surface area (Å²) in [5.74, 6) is -0.906. The van der Waals surface area contributed by atoms with Gasteiger partial charge >= 0.3 is 0 Å². The molecular formula is C23H22ClNO5. The first kappa shape index (κ1) is 20.4. The average molecular weight is 428 g/mol. The van der Waals surface area contributed by atoms with Gasteiger partial charge in [0.2, 0.25) is 0 Å². The summed E-state index contributed by atoms with van der Waals surface area (Å²) in [5.41, 5.74) is 1.20. The highest BCUT2D eigenvalue weighted by atomic mass is 35.5. The van der Waals surface area contributed by atoms with Crippen LogP contribution < -0.4 is 4.74 Å². The summed E-state index contributed by atoms with van der Waals surface area (Å²) >= 11 is 5.95. The van der Waals surface area contributed by atoms with Gasteiger partial charge in [0.1, 0.15) is 11.5 Å². The summed E-state index contributed by atoms with van der Waals surface area (Å²) < 4.78 is 10.9. The molecule has 2 aliphatic rings. The van der Waals surface area contributed by atoms with E-state index in [9.17, 15) is 14.7 Å². The Bertz CT molecular complexity index is 978. The number of rotatable bonds is 5. The summed E-state index contributed by atoms with van der Waals surface area (Å²) in [6.45, 7) is 0.936. The smallest absolute Gasteiger partial charge is 0.295 e. The number of amides is 1. The van der Waals surface area contributed by atoms with Crippen molar-refractivity contribution in [2.45, 2.75) is 25.0 Å². The highest BCUT2D eigenvalue weighted by molar-refractivity contribution is 6.46. The van der Waals surface area contributed by atoms with Crippen LogP contribution in [0.15, 0.2) is 54.1 Å². The molecule has 0 aliphatic carbocycles. The van der Waals surface area contributed by atoms with Gasteiger partial charge in [-0.05, 0) is 54.8 Å². The van der Waals surface area contributed by atoms with E-state index in [1.807, 2.05) is 0 Å². The third-order valence-corrected chi connectivity index (χ3v) is 5.77. The lowest BCUT2D eigenvalue weighted by Crippen LogP contribution is -2.36. The largest absolute Gasteiger partial charge is 0.507 e. The average Bonchev–Trinajstić information content (AvgIpc) is 3.36. The lowest BCUT2D eigenvalue weighted by Gasteiger charge is -2.27. The van der Waals surface area contributed by atoms with Crippen LogP contribution in [-0.2, 0) is 14.3 Å². The van der Waals surface area contributed by atoms with E-state index >= 15 is 0 Å². The number of methoxy groups -OCH3 is 1. The summed E-state index contributed by atoms with van der Waals surface area (Å²) in [6, 6.07) is 12.9. The number of ketones is 1. The van der Waals surface area contributed by atoms with Gasteiger partial charge in [-0.3, -0.25) is 9.59 Å². The molecule has 2 fully saturated rings. The number of halogens is 1. The first-order valence-corrected chi connectivity index (χ1v) is 10.2. The minimum Gasteiger partial charge on any atom is -0.507 e. The molecule has 0 aromatic heterocycles. The van der Waals surface area contributed by atoms with Crippen LogP contribution in [0.5, 0.6) is 5.75 Å². The third kappa shape index (κ3) is 3.80. The molecule has 2 saturated heterocycles. The Morgan fingerprint density at radius 1 is 1.17 bits per heavy atom. The van der Waals surface area contributed by atoms with Gasteiger partial charge in [-0.15, -0.1) is 0 Å². The van der Waals surface area contributed by atoms with Crippen molar-refractivity contribution in [2.24, 2.45) is 0 Å². The molecule has 2 aromatic rings. The number of nitrogens with zero attached hydrogens (tertiary/aromatic N) is 1. The van der Waals surface area contributed by atoms with E-state index < -0.39 is 17.7 Å². The zero-order valence-corrected chi connectivity index (χ0v) is 17.3. The Morgan fingerprint density at radius 2 is 1.87 bits per heavy atom. The number of hydrogen-bond acceptors (Lipinski definition) is 5. The van der Waals surface area contributed by atoms with E-state index in [2.05, 4.69) is 0 Å². The molecule has 0 radical (unpaired) electrons. The quantitative estimate of drug-likeness (QED) is 0.444. The number of Topliss-reactive ketones (excluding diaryl/α,β-unsaturated/α-hetero) is 1. The molecular weight excluding hydrogens is 406 g/mol. The lowest BCUT2D eigenvalue weighted by atomic mass is 9.95. The van der Waals surface area contributed by atoms with Gasteiger partial charge < -0.3 is 19.5 Å². The van der Waals surface area contributed by atoms with Gasteiger partial charge in [0.25, 0.3) is 11.7 Å². The summed E-state index contributed by atoms with van der Waals surface area (Å²) in [7, 11) is 1.57. The van der Waals surface area contributed by atoms with Crippen molar-refractivity contribution < 1.29 is 24.2 Å². The molecule has 1 N–H and O–H groups in total. The second-order valence-electron chi connectivity index (χ2n) is 7.37. The van der Waals surface area contributed by atoms with E-state index in [4.69, 9.17) is 21.1 Å². The van der Waals surface area contributed by atoms with Crippen LogP contribution in [0.3, 0.4) is 0 Å². The highest BCUT2D eigenvalue weighted by Crippen LogP contribution is 2.40. The van der Waals surface area contributed by atoms with Gasteiger partial charge in [-0.1, -0.05) is 23.7 Å². The SMILES string of the molecule is COc1ccc(C2/C(=C(/O)c3ccc(Cl)cc3)C(=O)C(=O)N2CC2CCCO2)cc1. The van der Waals surface area contributed by atoms with Crippen molar-refractivity contribution in [1.29, 1.82) is 0 Å². The molecule has 156 valence electrons. The lowest BCUT2D eigenvalue weighted by molar-refractivity contribution is -0.140. The van der Waals surface area contributed by atoms with Gasteiger partial charge in [0.15, 0.2) is 0 Å². The Balaban J connectivity index is 1.80. The van der Waals surface area contributed by atoms with Crippen LogP contribution in [0, 0.1) is 0 Å². The van der Waals surface area contributed by atoms with Crippen LogP contribution in [0.1, 0.15) is 30.0 Å². The molecule has 1 amide bonds. The second-order valence-corrected chi connectivity index (χ2v) is 7.80. The number of ether oxygens (including phenoxy) is 2. The number of likely N-dealkylation sites (tertiary alicyclic amines) is 1. The number of carbonyl (C=O) groups is 2. The molecule has 0 spiro atoms. The second kappa shape index (κ2) is 8.50. The topological polar surface area (TPSA) is 76.1 Å². The van der Waals surface area contributed by atoms with Crippen molar-refractivity contribution in [3.05, 3.63) is 70.3 Å². The van der Waals surface area contributed by atoms with Gasteiger partial charge in [0, 0.05) is 23.7 Å². The van der Waals surface area contributed by atoms with Crippen molar-refractivity contribution >= 4 is 29.1 Å². The molecule has 2 heterocycles. The highest BCUT2D eigenvalue weighted by Gasteiger charge is 2.47. The zero-order valence-electron chi connectivity index (χ0n) is 16.5. The summed E-state index contributed by atoms with van der Waals surface area (Å²) in [5, 5.41) is 11.5. The van der Waals surface area contributed by atoms with E-state index in [1.165, 1.54) is 4.90 Å². The first-order valence-electron chi connectivity index (χ1n) is 9.79.